The molecule has 1 aromatic carbocycles. The van der Waals surface area contributed by atoms with E-state index in [1.807, 2.05) is 6.92 Å². The van der Waals surface area contributed by atoms with Gasteiger partial charge in [0.1, 0.15) is 11.3 Å². The lowest BCUT2D eigenvalue weighted by Gasteiger charge is -2.24. The van der Waals surface area contributed by atoms with E-state index in [1.165, 1.54) is 6.07 Å². The van der Waals surface area contributed by atoms with Gasteiger partial charge in [-0.25, -0.2) is 13.2 Å². The van der Waals surface area contributed by atoms with E-state index in [9.17, 15) is 18.3 Å². The summed E-state index contributed by atoms with van der Waals surface area (Å²) in [5.74, 6) is 0.240. The van der Waals surface area contributed by atoms with E-state index >= 15 is 0 Å². The lowest BCUT2D eigenvalue weighted by atomic mass is 10.0. The predicted octanol–water partition coefficient (Wildman–Crippen LogP) is 1.90. The van der Waals surface area contributed by atoms with Crippen LogP contribution in [0.4, 0.5) is 0 Å². The molecule has 3 rings (SSSR count). The van der Waals surface area contributed by atoms with Crippen LogP contribution in [0.25, 0.3) is 11.0 Å². The highest BCUT2D eigenvalue weighted by atomic mass is 35.5. The van der Waals surface area contributed by atoms with E-state index in [4.69, 9.17) is 4.42 Å². The molecular weight excluding hydrogens is 354 g/mol. The summed E-state index contributed by atoms with van der Waals surface area (Å²) in [6.07, 6.45) is 0.518. The normalized spacial score (nSPS) is 22.4. The van der Waals surface area contributed by atoms with Gasteiger partial charge in [-0.1, -0.05) is 0 Å². The minimum Gasteiger partial charge on any atom is -0.507 e. The molecule has 1 aliphatic rings. The molecule has 0 aliphatic carbocycles. The van der Waals surface area contributed by atoms with Crippen LogP contribution < -0.4 is 10.9 Å². The largest absolute Gasteiger partial charge is 0.507 e. The molecule has 24 heavy (non-hydrogen) atoms. The summed E-state index contributed by atoms with van der Waals surface area (Å²) in [5.41, 5.74) is 0.557. The first kappa shape index (κ1) is 18.8. The fourth-order valence-corrected chi connectivity index (χ4v) is 5.17. The van der Waals surface area contributed by atoms with Crippen molar-refractivity contribution in [1.82, 2.24) is 5.32 Å². The summed E-state index contributed by atoms with van der Waals surface area (Å²) in [6, 6.07) is 4.66. The molecule has 0 bridgehead atoms. The number of hydrogen-bond acceptors (Lipinski definition) is 6. The van der Waals surface area contributed by atoms with Crippen LogP contribution >= 0.6 is 12.4 Å². The monoisotopic (exact) mass is 373 g/mol. The van der Waals surface area contributed by atoms with E-state index in [0.717, 1.165) is 10.9 Å². The topological polar surface area (TPSA) is 96.6 Å². The van der Waals surface area contributed by atoms with Crippen LogP contribution in [0.3, 0.4) is 0 Å². The first-order valence-electron chi connectivity index (χ1n) is 7.40. The fraction of sp³-hybridized carbons (Fsp3) is 0.438. The molecule has 0 radical (unpaired) electrons. The number of rotatable bonds is 3. The van der Waals surface area contributed by atoms with Gasteiger partial charge in [0.25, 0.3) is 0 Å². The molecule has 1 aromatic heterocycles. The van der Waals surface area contributed by atoms with Crippen molar-refractivity contribution in [3.63, 3.8) is 0 Å². The van der Waals surface area contributed by atoms with E-state index in [1.54, 1.807) is 19.1 Å². The maximum Gasteiger partial charge on any atom is 0.336 e. The highest BCUT2D eigenvalue weighted by Gasteiger charge is 2.38. The molecule has 1 aliphatic heterocycles. The first-order valence-corrected chi connectivity index (χ1v) is 9.22. The van der Waals surface area contributed by atoms with E-state index in [0.29, 0.717) is 17.6 Å². The molecule has 8 heteroatoms. The van der Waals surface area contributed by atoms with Crippen LogP contribution in [0.1, 0.15) is 24.5 Å². The summed E-state index contributed by atoms with van der Waals surface area (Å²) in [4.78, 5) is 11.6. The lowest BCUT2D eigenvalue weighted by molar-refractivity contribution is 0.387. The molecule has 1 saturated heterocycles. The van der Waals surface area contributed by atoms with Gasteiger partial charge in [-0.15, -0.1) is 12.4 Å². The molecule has 1 fully saturated rings. The maximum absolute atomic E-state index is 11.7. The van der Waals surface area contributed by atoms with Gasteiger partial charge in [0, 0.05) is 23.5 Å². The quantitative estimate of drug-likeness (QED) is 0.797. The minimum absolute atomic E-state index is 0. The standard InChI is InChI=1S/C16H19NO5S.ClH/c1-10-7-14(19)22-15-11(10)3-4-13(18)12(15)8-17-16(2)5-6-23(20,21)9-16;/h3-4,7,17-18H,5-6,8-9H2,1-2H3;1H. The van der Waals surface area contributed by atoms with Crippen molar-refractivity contribution < 1.29 is 17.9 Å². The molecule has 1 atom stereocenters. The van der Waals surface area contributed by atoms with Crippen molar-refractivity contribution in [3.05, 3.63) is 39.7 Å². The van der Waals surface area contributed by atoms with Crippen LogP contribution in [-0.4, -0.2) is 30.6 Å². The molecular formula is C16H20ClNO5S. The average Bonchev–Trinajstić information content (AvgIpc) is 2.71. The first-order chi connectivity index (χ1) is 10.7. The van der Waals surface area contributed by atoms with Gasteiger partial charge >= 0.3 is 5.63 Å². The Morgan fingerprint density at radius 3 is 2.71 bits per heavy atom. The van der Waals surface area contributed by atoms with Gasteiger partial charge in [0.05, 0.1) is 17.1 Å². The second-order valence-corrected chi connectivity index (χ2v) is 8.63. The Morgan fingerprint density at radius 1 is 1.38 bits per heavy atom. The SMILES string of the molecule is Cc1cc(=O)oc2c(CNC3(C)CCS(=O)(=O)C3)c(O)ccc12.Cl. The summed E-state index contributed by atoms with van der Waals surface area (Å²) >= 11 is 0. The predicted molar refractivity (Wildman–Crippen MR) is 94.6 cm³/mol. The van der Waals surface area contributed by atoms with Crippen molar-refractivity contribution in [2.24, 2.45) is 0 Å². The zero-order valence-corrected chi connectivity index (χ0v) is 15.1. The van der Waals surface area contributed by atoms with Gasteiger partial charge < -0.3 is 14.8 Å². The number of aryl methyl sites for hydroxylation is 1. The van der Waals surface area contributed by atoms with Crippen LogP contribution in [0.2, 0.25) is 0 Å². The van der Waals surface area contributed by atoms with E-state index < -0.39 is 21.0 Å². The summed E-state index contributed by atoms with van der Waals surface area (Å²) in [6.45, 7) is 3.88. The number of phenolic OH excluding ortho intramolecular Hbond substituents is 1. The molecule has 2 heterocycles. The average molecular weight is 374 g/mol. The van der Waals surface area contributed by atoms with Crippen molar-refractivity contribution in [1.29, 1.82) is 0 Å². The Hall–Kier alpha value is -1.57. The summed E-state index contributed by atoms with van der Waals surface area (Å²) in [7, 11) is -3.02. The summed E-state index contributed by atoms with van der Waals surface area (Å²) < 4.78 is 28.6. The van der Waals surface area contributed by atoms with E-state index in [-0.39, 0.29) is 36.2 Å². The van der Waals surface area contributed by atoms with Gasteiger partial charge in [0.15, 0.2) is 9.84 Å². The molecule has 2 aromatic rings. The molecule has 6 nitrogen and oxygen atoms in total. The lowest BCUT2D eigenvalue weighted by Crippen LogP contribution is -2.42. The zero-order chi connectivity index (χ0) is 16.8. The van der Waals surface area contributed by atoms with Crippen molar-refractivity contribution >= 4 is 33.2 Å². The number of benzene rings is 1. The second-order valence-electron chi connectivity index (χ2n) is 6.44. The van der Waals surface area contributed by atoms with Crippen LogP contribution in [0, 0.1) is 6.92 Å². The Balaban J connectivity index is 0.00000208. The Bertz CT molecular complexity index is 937. The minimum atomic E-state index is -3.02. The smallest absolute Gasteiger partial charge is 0.336 e. The number of aromatic hydroxyl groups is 1. The van der Waals surface area contributed by atoms with Crippen molar-refractivity contribution in [2.75, 3.05) is 11.5 Å². The highest BCUT2D eigenvalue weighted by Crippen LogP contribution is 2.30. The Morgan fingerprint density at radius 2 is 2.08 bits per heavy atom. The molecule has 0 saturated carbocycles. The van der Waals surface area contributed by atoms with Crippen molar-refractivity contribution in [3.8, 4) is 5.75 Å². The van der Waals surface area contributed by atoms with Gasteiger partial charge in [-0.2, -0.15) is 0 Å². The van der Waals surface area contributed by atoms with Crippen molar-refractivity contribution in [2.45, 2.75) is 32.4 Å². The van der Waals surface area contributed by atoms with Crippen LogP contribution in [-0.2, 0) is 16.4 Å². The molecule has 2 N–H and O–H groups in total. The Labute approximate surface area is 146 Å². The van der Waals surface area contributed by atoms with Gasteiger partial charge in [0.2, 0.25) is 0 Å². The third-order valence-electron chi connectivity index (χ3n) is 4.39. The number of nitrogens with one attached hydrogen (secondary N) is 1. The maximum atomic E-state index is 11.7. The Kier molecular flexibility index (Phi) is 4.99. The third kappa shape index (κ3) is 3.58. The number of hydrogen-bond donors (Lipinski definition) is 2. The zero-order valence-electron chi connectivity index (χ0n) is 13.5. The molecule has 132 valence electrons. The van der Waals surface area contributed by atoms with E-state index in [2.05, 4.69) is 5.32 Å². The summed E-state index contributed by atoms with van der Waals surface area (Å²) in [5, 5.41) is 14.1. The molecule has 0 spiro atoms. The third-order valence-corrected chi connectivity index (χ3v) is 6.30. The number of fused-ring (bicyclic) bond motifs is 1. The molecule has 1 unspecified atom stereocenters. The molecule has 0 amide bonds. The second kappa shape index (κ2) is 6.38. The van der Waals surface area contributed by atoms with Crippen LogP contribution in [0.5, 0.6) is 5.75 Å². The van der Waals surface area contributed by atoms with Gasteiger partial charge in [-0.05, 0) is 38.0 Å². The fourth-order valence-electron chi connectivity index (χ4n) is 3.05. The number of phenols is 1. The number of sulfone groups is 1. The van der Waals surface area contributed by atoms with Gasteiger partial charge in [-0.3, -0.25) is 0 Å². The van der Waals surface area contributed by atoms with Crippen LogP contribution in [0.15, 0.2) is 27.4 Å². The number of halogens is 1. The highest BCUT2D eigenvalue weighted by molar-refractivity contribution is 7.91.